The van der Waals surface area contributed by atoms with Crippen molar-refractivity contribution < 1.29 is 41.7 Å². The van der Waals surface area contributed by atoms with Gasteiger partial charge in [-0.05, 0) is 47.5 Å². The summed E-state index contributed by atoms with van der Waals surface area (Å²) in [6, 6.07) is 15.0. The van der Waals surface area contributed by atoms with E-state index in [2.05, 4.69) is 5.32 Å². The first kappa shape index (κ1) is 24.9. The van der Waals surface area contributed by atoms with Crippen LogP contribution in [-0.4, -0.2) is 43.4 Å². The molecule has 0 radical (unpaired) electrons. The average molecular weight is 540 g/mol. The zero-order valence-electron chi connectivity index (χ0n) is 20.5. The molecular weight excluding hydrogens is 517 g/mol. The van der Waals surface area contributed by atoms with Gasteiger partial charge in [-0.15, -0.1) is 0 Å². The number of carbonyl (C=O) groups excluding carboxylic acids is 2. The highest BCUT2D eigenvalue weighted by Gasteiger charge is 2.42. The topological polar surface area (TPSA) is 86.3 Å². The highest BCUT2D eigenvalue weighted by molar-refractivity contribution is 5.96. The van der Waals surface area contributed by atoms with Crippen LogP contribution in [0.25, 0.3) is 0 Å². The van der Waals surface area contributed by atoms with Crippen LogP contribution in [0.3, 0.4) is 0 Å². The number of likely N-dealkylation sites (tertiary alicyclic amines) is 1. The average Bonchev–Trinajstić information content (AvgIpc) is 3.69. The Morgan fingerprint density at radius 2 is 1.54 bits per heavy atom. The fourth-order valence-electron chi connectivity index (χ4n) is 5.10. The number of halogens is 3. The smallest absolute Gasteiger partial charge is 0.416 e. The third-order valence-electron chi connectivity index (χ3n) is 7.11. The van der Waals surface area contributed by atoms with Crippen molar-refractivity contribution in [3.63, 3.8) is 0 Å². The lowest BCUT2D eigenvalue weighted by Gasteiger charge is -2.19. The second-order valence-electron chi connectivity index (χ2n) is 9.52. The van der Waals surface area contributed by atoms with Gasteiger partial charge in [-0.2, -0.15) is 13.2 Å². The SMILES string of the molecule is O=C(NCc1ccc2c(c1)OCO2)C1CN(C(=O)c2ccc3c(c2)OCO3)CC1c1cccc(C(F)(F)F)c1. The number of nitrogens with one attached hydrogen (secondary N) is 1. The summed E-state index contributed by atoms with van der Waals surface area (Å²) in [6.45, 7) is 0.480. The van der Waals surface area contributed by atoms with Crippen molar-refractivity contribution in [1.29, 1.82) is 0 Å². The highest BCUT2D eigenvalue weighted by atomic mass is 19.4. The summed E-state index contributed by atoms with van der Waals surface area (Å²) < 4.78 is 61.8. The summed E-state index contributed by atoms with van der Waals surface area (Å²) in [5.41, 5.74) is 0.645. The van der Waals surface area contributed by atoms with Crippen LogP contribution in [0.4, 0.5) is 13.2 Å². The minimum atomic E-state index is -4.53. The maximum Gasteiger partial charge on any atom is 0.416 e. The molecular formula is C28H23F3N2O6. The van der Waals surface area contributed by atoms with Crippen molar-refractivity contribution in [2.24, 2.45) is 5.92 Å². The fraction of sp³-hybridized carbons (Fsp3) is 0.286. The van der Waals surface area contributed by atoms with E-state index in [1.807, 2.05) is 0 Å². The number of hydrogen-bond acceptors (Lipinski definition) is 6. The molecule has 11 heteroatoms. The molecule has 6 rings (SSSR count). The Labute approximate surface area is 221 Å². The zero-order chi connectivity index (χ0) is 27.1. The van der Waals surface area contributed by atoms with E-state index in [1.165, 1.54) is 11.0 Å². The monoisotopic (exact) mass is 540 g/mol. The quantitative estimate of drug-likeness (QED) is 0.519. The van der Waals surface area contributed by atoms with Crippen molar-refractivity contribution in [2.75, 3.05) is 26.7 Å². The summed E-state index contributed by atoms with van der Waals surface area (Å²) >= 11 is 0. The maximum absolute atomic E-state index is 13.5. The molecule has 0 spiro atoms. The van der Waals surface area contributed by atoms with Crippen LogP contribution < -0.4 is 24.3 Å². The van der Waals surface area contributed by atoms with Gasteiger partial charge < -0.3 is 29.2 Å². The minimum absolute atomic E-state index is 0.0428. The van der Waals surface area contributed by atoms with E-state index in [4.69, 9.17) is 18.9 Å². The molecule has 0 saturated carbocycles. The largest absolute Gasteiger partial charge is 0.454 e. The van der Waals surface area contributed by atoms with E-state index in [0.29, 0.717) is 34.1 Å². The van der Waals surface area contributed by atoms with Crippen LogP contribution >= 0.6 is 0 Å². The number of hydrogen-bond donors (Lipinski definition) is 1. The van der Waals surface area contributed by atoms with Gasteiger partial charge in [0.05, 0.1) is 11.5 Å². The Morgan fingerprint density at radius 3 is 2.28 bits per heavy atom. The minimum Gasteiger partial charge on any atom is -0.454 e. The summed E-state index contributed by atoms with van der Waals surface area (Å²) in [7, 11) is 0. The lowest BCUT2D eigenvalue weighted by atomic mass is 9.87. The van der Waals surface area contributed by atoms with Gasteiger partial charge in [0, 0.05) is 31.1 Å². The van der Waals surface area contributed by atoms with Gasteiger partial charge in [-0.1, -0.05) is 24.3 Å². The van der Waals surface area contributed by atoms with E-state index >= 15 is 0 Å². The number of ether oxygens (including phenoxy) is 4. The lowest BCUT2D eigenvalue weighted by molar-refractivity contribution is -0.137. The zero-order valence-corrected chi connectivity index (χ0v) is 20.5. The Bertz CT molecular complexity index is 1440. The Balaban J connectivity index is 1.24. The first-order valence-electron chi connectivity index (χ1n) is 12.3. The van der Waals surface area contributed by atoms with Crippen LogP contribution in [0.1, 0.15) is 33.0 Å². The molecule has 1 saturated heterocycles. The molecule has 3 aliphatic rings. The number of benzene rings is 3. The molecule has 0 aromatic heterocycles. The Morgan fingerprint density at radius 1 is 0.846 bits per heavy atom. The number of amides is 2. The van der Waals surface area contributed by atoms with Gasteiger partial charge in [0.2, 0.25) is 19.5 Å². The molecule has 1 N–H and O–H groups in total. The van der Waals surface area contributed by atoms with E-state index in [1.54, 1.807) is 42.5 Å². The van der Waals surface area contributed by atoms with Crippen molar-refractivity contribution in [1.82, 2.24) is 10.2 Å². The van der Waals surface area contributed by atoms with Crippen molar-refractivity contribution >= 4 is 11.8 Å². The normalized spacial score (nSPS) is 19.3. The first-order valence-corrected chi connectivity index (χ1v) is 12.3. The van der Waals surface area contributed by atoms with Crippen molar-refractivity contribution in [3.05, 3.63) is 82.9 Å². The Kier molecular flexibility index (Phi) is 6.20. The molecule has 39 heavy (non-hydrogen) atoms. The van der Waals surface area contributed by atoms with E-state index in [0.717, 1.165) is 17.7 Å². The second kappa shape index (κ2) is 9.72. The lowest BCUT2D eigenvalue weighted by Crippen LogP contribution is -2.35. The van der Waals surface area contributed by atoms with Gasteiger partial charge >= 0.3 is 6.18 Å². The van der Waals surface area contributed by atoms with Crippen LogP contribution in [-0.2, 0) is 17.5 Å². The Hall–Kier alpha value is -4.41. The van der Waals surface area contributed by atoms with Crippen LogP contribution in [0, 0.1) is 5.92 Å². The maximum atomic E-state index is 13.5. The number of alkyl halides is 3. The van der Waals surface area contributed by atoms with Gasteiger partial charge in [-0.25, -0.2) is 0 Å². The van der Waals surface area contributed by atoms with Crippen LogP contribution in [0.15, 0.2) is 60.7 Å². The molecule has 3 heterocycles. The molecule has 8 nitrogen and oxygen atoms in total. The molecule has 2 unspecified atom stereocenters. The van der Waals surface area contributed by atoms with E-state index < -0.39 is 23.6 Å². The molecule has 0 aliphatic carbocycles. The fourth-order valence-corrected chi connectivity index (χ4v) is 5.10. The standard InChI is InChI=1S/C28H23F3N2O6/c29-28(30,31)19-3-1-2-17(9-19)20-12-33(27(35)18-5-7-23-25(10-18)39-15-37-23)13-21(20)26(34)32-11-16-4-6-22-24(8-16)38-14-36-22/h1-10,20-21H,11-15H2,(H,32,34). The van der Waals surface area contributed by atoms with Crippen LogP contribution in [0.2, 0.25) is 0 Å². The van der Waals surface area contributed by atoms with Gasteiger partial charge in [0.1, 0.15) is 0 Å². The second-order valence-corrected chi connectivity index (χ2v) is 9.52. The van der Waals surface area contributed by atoms with Crippen molar-refractivity contribution in [3.8, 4) is 23.0 Å². The van der Waals surface area contributed by atoms with Gasteiger partial charge in [0.25, 0.3) is 5.91 Å². The highest BCUT2D eigenvalue weighted by Crippen LogP contribution is 2.39. The first-order chi connectivity index (χ1) is 18.8. The predicted octanol–water partition coefficient (Wildman–Crippen LogP) is 4.34. The molecule has 3 aliphatic heterocycles. The summed E-state index contributed by atoms with van der Waals surface area (Å²) in [4.78, 5) is 28.3. The van der Waals surface area contributed by atoms with Gasteiger partial charge in [0.15, 0.2) is 23.0 Å². The van der Waals surface area contributed by atoms with E-state index in [9.17, 15) is 22.8 Å². The molecule has 2 atom stereocenters. The number of carbonyl (C=O) groups is 2. The third-order valence-corrected chi connectivity index (χ3v) is 7.11. The van der Waals surface area contributed by atoms with E-state index in [-0.39, 0.29) is 45.0 Å². The number of nitrogens with zero attached hydrogens (tertiary/aromatic N) is 1. The van der Waals surface area contributed by atoms with Gasteiger partial charge in [-0.3, -0.25) is 9.59 Å². The number of rotatable bonds is 5. The number of fused-ring (bicyclic) bond motifs is 2. The summed E-state index contributed by atoms with van der Waals surface area (Å²) in [5.74, 6) is 0.0334. The molecule has 3 aromatic rings. The van der Waals surface area contributed by atoms with Crippen molar-refractivity contribution in [2.45, 2.75) is 18.6 Å². The molecule has 202 valence electrons. The molecule has 1 fully saturated rings. The molecule has 3 aromatic carbocycles. The van der Waals surface area contributed by atoms with Crippen LogP contribution in [0.5, 0.6) is 23.0 Å². The molecule has 2 amide bonds. The summed E-state index contributed by atoms with van der Waals surface area (Å²) in [5, 5.41) is 2.88. The summed E-state index contributed by atoms with van der Waals surface area (Å²) in [6.07, 6.45) is -4.53. The molecule has 0 bridgehead atoms. The third kappa shape index (κ3) is 4.91. The predicted molar refractivity (Wildman–Crippen MR) is 131 cm³/mol.